The van der Waals surface area contributed by atoms with Gasteiger partial charge in [0.2, 0.25) is 0 Å². The zero-order valence-electron chi connectivity index (χ0n) is 16.8. The average Bonchev–Trinajstić information content (AvgIpc) is 2.88. The van der Waals surface area contributed by atoms with E-state index in [2.05, 4.69) is 40.4 Å². The van der Waals surface area contributed by atoms with Crippen molar-refractivity contribution >= 4 is 21.5 Å². The molecule has 6 heteroatoms. The van der Waals surface area contributed by atoms with Crippen molar-refractivity contribution in [2.24, 2.45) is 11.3 Å². The first kappa shape index (κ1) is 21.4. The van der Waals surface area contributed by atoms with Gasteiger partial charge in [0.05, 0.1) is 11.7 Å². The summed E-state index contributed by atoms with van der Waals surface area (Å²) in [5.41, 5.74) is 1.06. The van der Waals surface area contributed by atoms with Crippen LogP contribution >= 0.6 is 0 Å². The van der Waals surface area contributed by atoms with Gasteiger partial charge in [0, 0.05) is 12.3 Å². The highest BCUT2D eigenvalue weighted by atomic mass is 28.3. The lowest BCUT2D eigenvalue weighted by molar-refractivity contribution is -0.132. The van der Waals surface area contributed by atoms with Crippen molar-refractivity contribution in [3.8, 4) is 0 Å². The molecule has 0 aromatic heterocycles. The smallest absolute Gasteiger partial charge is 0.338 e. The number of rotatable bonds is 7. The van der Waals surface area contributed by atoms with Gasteiger partial charge in [-0.15, -0.1) is 0 Å². The van der Waals surface area contributed by atoms with Crippen LogP contribution in [0.25, 0.3) is 0 Å². The Kier molecular flexibility index (Phi) is 7.00. The summed E-state index contributed by atoms with van der Waals surface area (Å²) in [5, 5.41) is 0. The molecule has 0 amide bonds. The molecule has 5 nitrogen and oxygen atoms in total. The van der Waals surface area contributed by atoms with Gasteiger partial charge in [-0.2, -0.15) is 0 Å². The number of hydrogen-bond acceptors (Lipinski definition) is 5. The molecular formula is C21H30O5Si. The normalized spacial score (nSPS) is 23.9. The van der Waals surface area contributed by atoms with Crippen LogP contribution in [0.4, 0.5) is 0 Å². The molecule has 0 saturated heterocycles. The molecule has 0 radical (unpaired) electrons. The van der Waals surface area contributed by atoms with Crippen molar-refractivity contribution in [3.63, 3.8) is 0 Å². The molecular weight excluding hydrogens is 360 g/mol. The number of esters is 1. The predicted molar refractivity (Wildman–Crippen MR) is 107 cm³/mol. The standard InChI is InChI=1S/C21H30O5Si/c1-14-16(24-13-22)12-17(25-20(23)15-10-8-7-9-11-15)18(14)19(21(2,3)4)26-27(5)6/h7-11,13,16-19,27H,1,12H2,2-6H3. The van der Waals surface area contributed by atoms with Crippen molar-refractivity contribution in [2.75, 3.05) is 0 Å². The molecule has 2 rings (SSSR count). The van der Waals surface area contributed by atoms with Crippen molar-refractivity contribution in [1.82, 2.24) is 0 Å². The van der Waals surface area contributed by atoms with Crippen molar-refractivity contribution < 1.29 is 23.5 Å². The second-order valence-corrected chi connectivity index (χ2v) is 10.7. The summed E-state index contributed by atoms with van der Waals surface area (Å²) < 4.78 is 17.4. The Balaban J connectivity index is 2.31. The molecule has 148 valence electrons. The van der Waals surface area contributed by atoms with Gasteiger partial charge < -0.3 is 13.9 Å². The van der Waals surface area contributed by atoms with Crippen LogP contribution in [0.15, 0.2) is 42.5 Å². The lowest BCUT2D eigenvalue weighted by Gasteiger charge is -2.39. The molecule has 1 aliphatic rings. The predicted octanol–water partition coefficient (Wildman–Crippen LogP) is 3.74. The third-order valence-electron chi connectivity index (χ3n) is 4.77. The van der Waals surface area contributed by atoms with E-state index in [-0.39, 0.29) is 23.4 Å². The summed E-state index contributed by atoms with van der Waals surface area (Å²) in [6.45, 7) is 15.1. The lowest BCUT2D eigenvalue weighted by atomic mass is 9.78. The first-order valence-corrected chi connectivity index (χ1v) is 12.1. The molecule has 1 aromatic carbocycles. The van der Waals surface area contributed by atoms with Crippen LogP contribution in [-0.2, 0) is 18.7 Å². The Labute approximate surface area is 163 Å². The van der Waals surface area contributed by atoms with Crippen LogP contribution in [-0.4, -0.2) is 39.8 Å². The van der Waals surface area contributed by atoms with E-state index >= 15 is 0 Å². The van der Waals surface area contributed by atoms with Crippen LogP contribution in [0, 0.1) is 11.3 Å². The number of carbonyl (C=O) groups is 2. The van der Waals surface area contributed by atoms with Crippen LogP contribution in [0.3, 0.4) is 0 Å². The third kappa shape index (κ3) is 5.29. The topological polar surface area (TPSA) is 61.8 Å². The Morgan fingerprint density at radius 3 is 2.41 bits per heavy atom. The maximum Gasteiger partial charge on any atom is 0.338 e. The number of hydrogen-bond donors (Lipinski definition) is 0. The highest BCUT2D eigenvalue weighted by molar-refractivity contribution is 6.48. The average molecular weight is 391 g/mol. The van der Waals surface area contributed by atoms with E-state index in [4.69, 9.17) is 13.9 Å². The van der Waals surface area contributed by atoms with Crippen molar-refractivity contribution in [2.45, 2.75) is 58.6 Å². The number of carbonyl (C=O) groups excluding carboxylic acids is 2. The van der Waals surface area contributed by atoms with Crippen molar-refractivity contribution in [1.29, 1.82) is 0 Å². The fourth-order valence-electron chi connectivity index (χ4n) is 3.58. The number of ether oxygens (including phenoxy) is 2. The maximum atomic E-state index is 12.6. The summed E-state index contributed by atoms with van der Waals surface area (Å²) in [6.07, 6.45) is -0.697. The highest BCUT2D eigenvalue weighted by Crippen LogP contribution is 2.43. The fraction of sp³-hybridized carbons (Fsp3) is 0.524. The fourth-order valence-corrected chi connectivity index (χ4v) is 4.75. The van der Waals surface area contributed by atoms with Gasteiger partial charge in [-0.3, -0.25) is 4.79 Å². The van der Waals surface area contributed by atoms with E-state index in [0.717, 1.165) is 5.57 Å². The molecule has 1 saturated carbocycles. The van der Waals surface area contributed by atoms with E-state index in [1.165, 1.54) is 0 Å². The minimum Gasteiger partial charge on any atom is -0.460 e. The molecule has 0 heterocycles. The second-order valence-electron chi connectivity index (χ2n) is 8.34. The minimum atomic E-state index is -1.36. The summed E-state index contributed by atoms with van der Waals surface area (Å²) >= 11 is 0. The van der Waals surface area contributed by atoms with Crippen LogP contribution in [0.5, 0.6) is 0 Å². The Hall–Kier alpha value is -1.92. The SMILES string of the molecule is C=C1C(OC=O)CC(OC(=O)c2ccccc2)C1C(O[SiH](C)C)C(C)(C)C. The molecule has 1 fully saturated rings. The Morgan fingerprint density at radius 1 is 1.26 bits per heavy atom. The van der Waals surface area contributed by atoms with E-state index in [0.29, 0.717) is 18.5 Å². The van der Waals surface area contributed by atoms with E-state index in [9.17, 15) is 9.59 Å². The largest absolute Gasteiger partial charge is 0.460 e. The summed E-state index contributed by atoms with van der Waals surface area (Å²) in [6, 6.07) is 8.89. The highest BCUT2D eigenvalue weighted by Gasteiger charge is 2.49. The van der Waals surface area contributed by atoms with Crippen LogP contribution in [0.1, 0.15) is 37.6 Å². The zero-order chi connectivity index (χ0) is 20.2. The first-order valence-electron chi connectivity index (χ1n) is 9.34. The molecule has 4 unspecified atom stereocenters. The lowest BCUT2D eigenvalue weighted by Crippen LogP contribution is -2.44. The Morgan fingerprint density at radius 2 is 1.89 bits per heavy atom. The summed E-state index contributed by atoms with van der Waals surface area (Å²) in [4.78, 5) is 23.5. The molecule has 0 N–H and O–H groups in total. The van der Waals surface area contributed by atoms with E-state index in [1.807, 2.05) is 6.07 Å². The van der Waals surface area contributed by atoms with Gasteiger partial charge in [0.15, 0.2) is 9.04 Å². The van der Waals surface area contributed by atoms with E-state index < -0.39 is 21.2 Å². The van der Waals surface area contributed by atoms with Gasteiger partial charge in [-0.1, -0.05) is 45.5 Å². The van der Waals surface area contributed by atoms with Crippen LogP contribution < -0.4 is 0 Å². The minimum absolute atomic E-state index is 0.175. The van der Waals surface area contributed by atoms with Crippen molar-refractivity contribution in [3.05, 3.63) is 48.0 Å². The van der Waals surface area contributed by atoms with Crippen LogP contribution in [0.2, 0.25) is 13.1 Å². The molecule has 1 aromatic rings. The third-order valence-corrected chi connectivity index (χ3v) is 5.61. The summed E-state index contributed by atoms with van der Waals surface area (Å²) in [7, 11) is -1.36. The van der Waals surface area contributed by atoms with E-state index in [1.54, 1.807) is 24.3 Å². The Bertz CT molecular complexity index is 665. The molecule has 0 spiro atoms. The molecule has 0 aliphatic heterocycles. The number of benzene rings is 1. The molecule has 1 aliphatic carbocycles. The monoisotopic (exact) mass is 390 g/mol. The van der Waals surface area contributed by atoms with Gasteiger partial charge in [-0.25, -0.2) is 4.79 Å². The molecule has 4 atom stereocenters. The maximum absolute atomic E-state index is 12.6. The van der Waals surface area contributed by atoms with Gasteiger partial charge >= 0.3 is 5.97 Å². The second kappa shape index (κ2) is 8.84. The quantitative estimate of drug-likeness (QED) is 0.307. The van der Waals surface area contributed by atoms with Gasteiger partial charge in [0.1, 0.15) is 12.2 Å². The van der Waals surface area contributed by atoms with Gasteiger partial charge in [-0.05, 0) is 36.2 Å². The zero-order valence-corrected chi connectivity index (χ0v) is 18.0. The van der Waals surface area contributed by atoms with Gasteiger partial charge in [0.25, 0.3) is 6.47 Å². The first-order chi connectivity index (χ1) is 12.6. The molecule has 0 bridgehead atoms. The summed E-state index contributed by atoms with van der Waals surface area (Å²) in [5.74, 6) is -0.614. The molecule has 27 heavy (non-hydrogen) atoms.